The Kier molecular flexibility index (Phi) is 6.37. The molecule has 1 aliphatic heterocycles. The maximum atomic E-state index is 11.8. The third-order valence-corrected chi connectivity index (χ3v) is 3.60. The molecule has 1 aromatic rings. The van der Waals surface area contributed by atoms with Gasteiger partial charge in [-0.2, -0.15) is 0 Å². The fourth-order valence-electron chi connectivity index (χ4n) is 2.34. The van der Waals surface area contributed by atoms with E-state index in [2.05, 4.69) is 5.32 Å². The molecule has 7 heteroatoms. The highest BCUT2D eigenvalue weighted by molar-refractivity contribution is 5.80. The van der Waals surface area contributed by atoms with Crippen molar-refractivity contribution in [2.45, 2.75) is 38.0 Å². The van der Waals surface area contributed by atoms with Gasteiger partial charge in [0.25, 0.3) is 0 Å². The zero-order valence-electron chi connectivity index (χ0n) is 12.7. The highest BCUT2D eigenvalue weighted by atomic mass is 16.5. The summed E-state index contributed by atoms with van der Waals surface area (Å²) in [6.07, 6.45) is 0.126. The fraction of sp³-hybridized carbons (Fsp3) is 0.500. The van der Waals surface area contributed by atoms with Crippen LogP contribution in [0.2, 0.25) is 0 Å². The largest absolute Gasteiger partial charge is 0.488 e. The van der Waals surface area contributed by atoms with Crippen molar-refractivity contribution in [2.24, 2.45) is 0 Å². The molecule has 1 amide bonds. The second-order valence-electron chi connectivity index (χ2n) is 5.39. The minimum atomic E-state index is -1.00. The van der Waals surface area contributed by atoms with Crippen LogP contribution in [0.5, 0.6) is 5.75 Å². The molecule has 1 aromatic carbocycles. The van der Waals surface area contributed by atoms with E-state index in [1.807, 2.05) is 0 Å². The summed E-state index contributed by atoms with van der Waals surface area (Å²) in [6.45, 7) is 0.846. The van der Waals surface area contributed by atoms with Crippen LogP contribution in [-0.4, -0.2) is 47.4 Å². The van der Waals surface area contributed by atoms with Crippen LogP contribution in [-0.2, 0) is 20.9 Å². The molecular formula is C16H21NO6. The van der Waals surface area contributed by atoms with Gasteiger partial charge in [-0.1, -0.05) is 12.1 Å². The molecule has 0 radical (unpaired) electrons. The van der Waals surface area contributed by atoms with Crippen LogP contribution in [0.3, 0.4) is 0 Å². The average Bonchev–Trinajstić information content (AvgIpc) is 2.55. The van der Waals surface area contributed by atoms with Crippen molar-refractivity contribution in [2.75, 3.05) is 13.2 Å². The molecule has 0 bridgehead atoms. The topological polar surface area (TPSA) is 105 Å². The van der Waals surface area contributed by atoms with E-state index in [0.29, 0.717) is 25.4 Å². The summed E-state index contributed by atoms with van der Waals surface area (Å²) in [6, 6.07) is 6.77. The van der Waals surface area contributed by atoms with Crippen molar-refractivity contribution < 1.29 is 29.3 Å². The summed E-state index contributed by atoms with van der Waals surface area (Å²) in [5.74, 6) is -0.678. The summed E-state index contributed by atoms with van der Waals surface area (Å²) in [4.78, 5) is 22.3. The van der Waals surface area contributed by atoms with Gasteiger partial charge in [-0.25, -0.2) is 0 Å². The number of aliphatic hydroxyl groups is 1. The van der Waals surface area contributed by atoms with Crippen LogP contribution in [0, 0.1) is 0 Å². The number of hydrogen-bond acceptors (Lipinski definition) is 5. The minimum Gasteiger partial charge on any atom is -0.488 e. The lowest BCUT2D eigenvalue weighted by atomic mass is 10.1. The number of carboxylic acids is 1. The Bertz CT molecular complexity index is 530. The first-order chi connectivity index (χ1) is 11.1. The van der Waals surface area contributed by atoms with Crippen LogP contribution < -0.4 is 10.1 Å². The Balaban J connectivity index is 1.91. The normalized spacial score (nSPS) is 20.7. The number of aliphatic carboxylic acids is 1. The molecule has 1 fully saturated rings. The van der Waals surface area contributed by atoms with Crippen LogP contribution in [0.25, 0.3) is 0 Å². The molecule has 3 N–H and O–H groups in total. The quantitative estimate of drug-likeness (QED) is 0.682. The summed E-state index contributed by atoms with van der Waals surface area (Å²) in [5, 5.41) is 20.4. The van der Waals surface area contributed by atoms with Gasteiger partial charge >= 0.3 is 5.97 Å². The molecule has 2 atom stereocenters. The van der Waals surface area contributed by atoms with Gasteiger partial charge in [0.2, 0.25) is 5.91 Å². The molecule has 7 nitrogen and oxygen atoms in total. The third kappa shape index (κ3) is 5.54. The van der Waals surface area contributed by atoms with Crippen LogP contribution >= 0.6 is 0 Å². The molecule has 0 spiro atoms. The second kappa shape index (κ2) is 8.50. The van der Waals surface area contributed by atoms with Crippen molar-refractivity contribution in [1.82, 2.24) is 5.32 Å². The smallest absolute Gasteiger partial charge is 0.303 e. The highest BCUT2D eigenvalue weighted by Gasteiger charge is 2.29. The SMILES string of the molecule is O=C(O)CCC(=O)N[C@@H]1COCC[C@H]1Oc1ccc(CO)cc1. The van der Waals surface area contributed by atoms with Gasteiger partial charge in [-0.05, 0) is 17.7 Å². The number of carbonyl (C=O) groups excluding carboxylic acids is 1. The van der Waals surface area contributed by atoms with Gasteiger partial charge in [0.1, 0.15) is 11.9 Å². The predicted molar refractivity (Wildman–Crippen MR) is 81.0 cm³/mol. The Morgan fingerprint density at radius 2 is 2.00 bits per heavy atom. The predicted octanol–water partition coefficient (Wildman–Crippen LogP) is 0.696. The standard InChI is InChI=1S/C16H21NO6/c18-9-11-1-3-12(4-2-11)23-14-7-8-22-10-13(14)17-15(19)5-6-16(20)21/h1-4,13-14,18H,5-10H2,(H,17,19)(H,20,21)/t13-,14-/m1/s1. The zero-order valence-corrected chi connectivity index (χ0v) is 12.7. The molecular weight excluding hydrogens is 302 g/mol. The van der Waals surface area contributed by atoms with E-state index in [1.165, 1.54) is 0 Å². The molecule has 0 saturated carbocycles. The van der Waals surface area contributed by atoms with E-state index in [-0.39, 0.29) is 37.5 Å². The molecule has 0 unspecified atom stereocenters. The first kappa shape index (κ1) is 17.2. The van der Waals surface area contributed by atoms with E-state index in [4.69, 9.17) is 19.7 Å². The summed E-state index contributed by atoms with van der Waals surface area (Å²) in [5.41, 5.74) is 0.794. The van der Waals surface area contributed by atoms with E-state index >= 15 is 0 Å². The van der Waals surface area contributed by atoms with E-state index in [0.717, 1.165) is 5.56 Å². The molecule has 0 aliphatic carbocycles. The molecule has 1 aliphatic rings. The lowest BCUT2D eigenvalue weighted by Crippen LogP contribution is -2.51. The molecule has 2 rings (SSSR count). The zero-order chi connectivity index (χ0) is 16.7. The Hall–Kier alpha value is -2.12. The van der Waals surface area contributed by atoms with Crippen molar-refractivity contribution in [3.63, 3.8) is 0 Å². The number of carbonyl (C=O) groups is 2. The first-order valence-electron chi connectivity index (χ1n) is 7.54. The summed E-state index contributed by atoms with van der Waals surface area (Å²) in [7, 11) is 0. The van der Waals surface area contributed by atoms with Crippen molar-refractivity contribution in [1.29, 1.82) is 0 Å². The molecule has 23 heavy (non-hydrogen) atoms. The molecule has 126 valence electrons. The van der Waals surface area contributed by atoms with Gasteiger partial charge in [0.15, 0.2) is 0 Å². The van der Waals surface area contributed by atoms with Gasteiger partial charge in [-0.15, -0.1) is 0 Å². The van der Waals surface area contributed by atoms with Gasteiger partial charge in [-0.3, -0.25) is 9.59 Å². The number of ether oxygens (including phenoxy) is 2. The van der Waals surface area contributed by atoms with Crippen LogP contribution in [0.15, 0.2) is 24.3 Å². The fourth-order valence-corrected chi connectivity index (χ4v) is 2.34. The number of nitrogens with one attached hydrogen (secondary N) is 1. The number of carboxylic acid groups (broad SMARTS) is 1. The number of amides is 1. The van der Waals surface area contributed by atoms with Crippen LogP contribution in [0.4, 0.5) is 0 Å². The Labute approximate surface area is 134 Å². The molecule has 1 saturated heterocycles. The monoisotopic (exact) mass is 323 g/mol. The number of benzene rings is 1. The number of rotatable bonds is 7. The van der Waals surface area contributed by atoms with Gasteiger partial charge in [0.05, 0.1) is 32.3 Å². The highest BCUT2D eigenvalue weighted by Crippen LogP contribution is 2.19. The van der Waals surface area contributed by atoms with Crippen molar-refractivity contribution in [3.8, 4) is 5.75 Å². The lowest BCUT2D eigenvalue weighted by Gasteiger charge is -2.32. The Morgan fingerprint density at radius 1 is 1.26 bits per heavy atom. The maximum Gasteiger partial charge on any atom is 0.303 e. The molecule has 1 heterocycles. The van der Waals surface area contributed by atoms with Crippen molar-refractivity contribution in [3.05, 3.63) is 29.8 Å². The summed E-state index contributed by atoms with van der Waals surface area (Å²) >= 11 is 0. The average molecular weight is 323 g/mol. The van der Waals surface area contributed by atoms with Gasteiger partial charge < -0.3 is 25.0 Å². The first-order valence-corrected chi connectivity index (χ1v) is 7.54. The molecule has 0 aromatic heterocycles. The lowest BCUT2D eigenvalue weighted by molar-refractivity contribution is -0.139. The van der Waals surface area contributed by atoms with E-state index < -0.39 is 5.97 Å². The number of hydrogen-bond donors (Lipinski definition) is 3. The summed E-state index contributed by atoms with van der Waals surface area (Å²) < 4.78 is 11.3. The third-order valence-electron chi connectivity index (χ3n) is 3.60. The van der Waals surface area contributed by atoms with Crippen LogP contribution in [0.1, 0.15) is 24.8 Å². The minimum absolute atomic E-state index is 0.0280. The van der Waals surface area contributed by atoms with E-state index in [9.17, 15) is 9.59 Å². The van der Waals surface area contributed by atoms with E-state index in [1.54, 1.807) is 24.3 Å². The maximum absolute atomic E-state index is 11.8. The van der Waals surface area contributed by atoms with Crippen molar-refractivity contribution >= 4 is 11.9 Å². The second-order valence-corrected chi connectivity index (χ2v) is 5.39. The number of aliphatic hydroxyl groups excluding tert-OH is 1. The Morgan fingerprint density at radius 3 is 2.65 bits per heavy atom. The van der Waals surface area contributed by atoms with Gasteiger partial charge in [0, 0.05) is 12.8 Å².